The van der Waals surface area contributed by atoms with Crippen molar-refractivity contribution in [2.45, 2.75) is 32.7 Å². The molecule has 0 saturated carbocycles. The Morgan fingerprint density at radius 2 is 2.11 bits per heavy atom. The van der Waals surface area contributed by atoms with E-state index < -0.39 is 0 Å². The fourth-order valence-corrected chi connectivity index (χ4v) is 2.11. The van der Waals surface area contributed by atoms with Crippen molar-refractivity contribution in [3.63, 3.8) is 0 Å². The Kier molecular flexibility index (Phi) is 6.68. The van der Waals surface area contributed by atoms with E-state index in [2.05, 4.69) is 41.2 Å². The van der Waals surface area contributed by atoms with Crippen molar-refractivity contribution in [1.82, 2.24) is 10.3 Å². The number of hydrogen-bond acceptors (Lipinski definition) is 4. The van der Waals surface area contributed by atoms with E-state index in [0.717, 1.165) is 30.8 Å². The van der Waals surface area contributed by atoms with E-state index in [1.165, 1.54) is 0 Å². The van der Waals surface area contributed by atoms with Crippen LogP contribution in [-0.2, 0) is 0 Å². The molecule has 0 aromatic carbocycles. The minimum atomic E-state index is 0.176. The van der Waals surface area contributed by atoms with Gasteiger partial charge in [-0.1, -0.05) is 13.8 Å². The van der Waals surface area contributed by atoms with E-state index in [4.69, 9.17) is 5.11 Å². The monoisotopic (exact) mass is 251 g/mol. The minimum Gasteiger partial charge on any atom is -0.395 e. The summed E-state index contributed by atoms with van der Waals surface area (Å²) >= 11 is 0. The van der Waals surface area contributed by atoms with Crippen molar-refractivity contribution < 1.29 is 5.11 Å². The summed E-state index contributed by atoms with van der Waals surface area (Å²) in [5.74, 6) is 0. The Morgan fingerprint density at radius 3 is 2.56 bits per heavy atom. The van der Waals surface area contributed by atoms with Crippen LogP contribution in [0.3, 0.4) is 0 Å². The fourth-order valence-electron chi connectivity index (χ4n) is 2.11. The van der Waals surface area contributed by atoms with Gasteiger partial charge in [0.1, 0.15) is 0 Å². The average Bonchev–Trinajstić information content (AvgIpc) is 2.41. The summed E-state index contributed by atoms with van der Waals surface area (Å²) in [6.45, 7) is 6.07. The van der Waals surface area contributed by atoms with E-state index in [1.807, 2.05) is 13.2 Å². The van der Waals surface area contributed by atoms with Gasteiger partial charge in [-0.2, -0.15) is 0 Å². The normalized spacial score (nSPS) is 12.4. The Balaban J connectivity index is 2.79. The molecule has 2 N–H and O–H groups in total. The molecule has 0 aliphatic carbocycles. The molecule has 1 unspecified atom stereocenters. The molecule has 0 bridgehead atoms. The number of anilines is 1. The highest BCUT2D eigenvalue weighted by Gasteiger charge is 2.09. The third-order valence-electron chi connectivity index (χ3n) is 3.11. The van der Waals surface area contributed by atoms with Crippen LogP contribution in [0.4, 0.5) is 5.69 Å². The topological polar surface area (TPSA) is 48.4 Å². The summed E-state index contributed by atoms with van der Waals surface area (Å²) in [4.78, 5) is 6.68. The second kappa shape index (κ2) is 8.06. The zero-order chi connectivity index (χ0) is 13.4. The quantitative estimate of drug-likeness (QED) is 0.741. The maximum Gasteiger partial charge on any atom is 0.0606 e. The molecular formula is C14H25N3O. The van der Waals surface area contributed by atoms with Crippen LogP contribution in [0.2, 0.25) is 0 Å². The zero-order valence-electron chi connectivity index (χ0n) is 11.7. The summed E-state index contributed by atoms with van der Waals surface area (Å²) in [5.41, 5.74) is 2.16. The predicted molar refractivity (Wildman–Crippen MR) is 75.9 cm³/mol. The first-order valence-corrected chi connectivity index (χ1v) is 6.75. The van der Waals surface area contributed by atoms with Crippen molar-refractivity contribution in [3.8, 4) is 0 Å². The molecule has 0 spiro atoms. The Bertz CT molecular complexity index is 316. The molecule has 0 aliphatic heterocycles. The standard InChI is InChI=1S/C14H25N3O/c1-4-8-17(9-10-18)12-6-7-14(16-11-12)13(5-2)15-3/h6-7,11,13,15,18H,4-5,8-10H2,1-3H3. The van der Waals surface area contributed by atoms with Gasteiger partial charge in [0.25, 0.3) is 0 Å². The molecule has 1 atom stereocenters. The summed E-state index contributed by atoms with van der Waals surface area (Å²) in [5, 5.41) is 12.3. The molecule has 102 valence electrons. The SMILES string of the molecule is CCCN(CCO)c1ccc(C(CC)NC)nc1. The smallest absolute Gasteiger partial charge is 0.0606 e. The zero-order valence-corrected chi connectivity index (χ0v) is 11.7. The average molecular weight is 251 g/mol. The van der Waals surface area contributed by atoms with Gasteiger partial charge in [0.15, 0.2) is 0 Å². The molecule has 1 aromatic heterocycles. The van der Waals surface area contributed by atoms with Crippen LogP contribution in [0.5, 0.6) is 0 Å². The number of hydrogen-bond donors (Lipinski definition) is 2. The number of pyridine rings is 1. The number of nitrogens with one attached hydrogen (secondary N) is 1. The molecular weight excluding hydrogens is 226 g/mol. The molecule has 4 nitrogen and oxygen atoms in total. The van der Waals surface area contributed by atoms with Gasteiger partial charge >= 0.3 is 0 Å². The first kappa shape index (κ1) is 14.9. The van der Waals surface area contributed by atoms with Crippen molar-refractivity contribution in [3.05, 3.63) is 24.0 Å². The van der Waals surface area contributed by atoms with Crippen LogP contribution in [-0.4, -0.2) is 36.8 Å². The van der Waals surface area contributed by atoms with Crippen LogP contribution < -0.4 is 10.2 Å². The van der Waals surface area contributed by atoms with Gasteiger partial charge in [0.05, 0.1) is 24.2 Å². The maximum absolute atomic E-state index is 9.07. The third kappa shape index (κ3) is 3.96. The van der Waals surface area contributed by atoms with Crippen molar-refractivity contribution in [2.24, 2.45) is 0 Å². The highest BCUT2D eigenvalue weighted by molar-refractivity contribution is 5.44. The number of aliphatic hydroxyl groups excluding tert-OH is 1. The van der Waals surface area contributed by atoms with E-state index in [1.54, 1.807) is 0 Å². The lowest BCUT2D eigenvalue weighted by Crippen LogP contribution is -2.27. The van der Waals surface area contributed by atoms with E-state index in [-0.39, 0.29) is 6.61 Å². The second-order valence-electron chi connectivity index (χ2n) is 4.40. The highest BCUT2D eigenvalue weighted by Crippen LogP contribution is 2.18. The third-order valence-corrected chi connectivity index (χ3v) is 3.11. The lowest BCUT2D eigenvalue weighted by atomic mass is 10.1. The van der Waals surface area contributed by atoms with Gasteiger partial charge in [0, 0.05) is 19.1 Å². The van der Waals surface area contributed by atoms with E-state index in [0.29, 0.717) is 12.6 Å². The van der Waals surface area contributed by atoms with Crippen molar-refractivity contribution >= 4 is 5.69 Å². The van der Waals surface area contributed by atoms with Crippen LogP contribution in [0, 0.1) is 0 Å². The number of aliphatic hydroxyl groups is 1. The van der Waals surface area contributed by atoms with Crippen molar-refractivity contribution in [1.29, 1.82) is 0 Å². The molecule has 0 saturated heterocycles. The van der Waals surface area contributed by atoms with Crippen LogP contribution in [0.25, 0.3) is 0 Å². The number of aromatic nitrogens is 1. The Hall–Kier alpha value is -1.13. The molecule has 0 amide bonds. The predicted octanol–water partition coefficient (Wildman–Crippen LogP) is 1.96. The minimum absolute atomic E-state index is 0.176. The van der Waals surface area contributed by atoms with E-state index in [9.17, 15) is 0 Å². The first-order chi connectivity index (χ1) is 8.76. The second-order valence-corrected chi connectivity index (χ2v) is 4.40. The highest BCUT2D eigenvalue weighted by atomic mass is 16.3. The Morgan fingerprint density at radius 1 is 1.33 bits per heavy atom. The lowest BCUT2D eigenvalue weighted by molar-refractivity contribution is 0.302. The molecule has 0 aliphatic rings. The van der Waals surface area contributed by atoms with Crippen molar-refractivity contribution in [2.75, 3.05) is 31.6 Å². The number of rotatable bonds is 8. The molecule has 0 fully saturated rings. The van der Waals surface area contributed by atoms with Crippen LogP contribution >= 0.6 is 0 Å². The molecule has 4 heteroatoms. The van der Waals surface area contributed by atoms with Crippen LogP contribution in [0.15, 0.2) is 18.3 Å². The van der Waals surface area contributed by atoms with E-state index >= 15 is 0 Å². The molecule has 1 heterocycles. The van der Waals surface area contributed by atoms with Gasteiger partial charge in [-0.3, -0.25) is 4.98 Å². The molecule has 18 heavy (non-hydrogen) atoms. The molecule has 1 aromatic rings. The van der Waals surface area contributed by atoms with Gasteiger partial charge in [-0.15, -0.1) is 0 Å². The first-order valence-electron chi connectivity index (χ1n) is 6.75. The lowest BCUT2D eigenvalue weighted by Gasteiger charge is -2.23. The summed E-state index contributed by atoms with van der Waals surface area (Å²) in [7, 11) is 1.96. The Labute approximate surface area is 110 Å². The largest absolute Gasteiger partial charge is 0.395 e. The fraction of sp³-hybridized carbons (Fsp3) is 0.643. The van der Waals surface area contributed by atoms with Gasteiger partial charge in [0.2, 0.25) is 0 Å². The van der Waals surface area contributed by atoms with Gasteiger partial charge in [-0.05, 0) is 32.0 Å². The summed E-state index contributed by atoms with van der Waals surface area (Å²) in [6.07, 6.45) is 3.99. The van der Waals surface area contributed by atoms with Gasteiger partial charge in [-0.25, -0.2) is 0 Å². The molecule has 0 radical (unpaired) electrons. The van der Waals surface area contributed by atoms with Crippen LogP contribution in [0.1, 0.15) is 38.4 Å². The molecule has 1 rings (SSSR count). The maximum atomic E-state index is 9.07. The summed E-state index contributed by atoms with van der Waals surface area (Å²) in [6, 6.07) is 4.48. The van der Waals surface area contributed by atoms with Gasteiger partial charge < -0.3 is 15.3 Å². The summed E-state index contributed by atoms with van der Waals surface area (Å²) < 4.78 is 0. The number of nitrogens with zero attached hydrogens (tertiary/aromatic N) is 2.